The number of nitrogens with two attached hydrogens (primary N) is 2. The van der Waals surface area contributed by atoms with Gasteiger partial charge in [0.15, 0.2) is 0 Å². The molecular formula is C15H22ClN3O3. The Kier molecular flexibility index (Phi) is 7.31. The number of carbonyl (C=O) groups excluding carboxylic acids is 2. The highest BCUT2D eigenvalue weighted by Gasteiger charge is 2.31. The van der Waals surface area contributed by atoms with Gasteiger partial charge in [0.25, 0.3) is 0 Å². The van der Waals surface area contributed by atoms with Crippen molar-refractivity contribution in [1.29, 1.82) is 0 Å². The van der Waals surface area contributed by atoms with Crippen molar-refractivity contribution in [2.75, 3.05) is 6.54 Å². The minimum absolute atomic E-state index is 0. The van der Waals surface area contributed by atoms with E-state index in [1.165, 1.54) is 0 Å². The third-order valence-electron chi connectivity index (χ3n) is 3.61. The van der Waals surface area contributed by atoms with Gasteiger partial charge in [-0.2, -0.15) is 0 Å². The third-order valence-corrected chi connectivity index (χ3v) is 3.61. The first-order valence-corrected chi connectivity index (χ1v) is 7.09. The average Bonchev–Trinajstić information content (AvgIpc) is 2.96. The van der Waals surface area contributed by atoms with Gasteiger partial charge in [0, 0.05) is 13.0 Å². The molecule has 1 aromatic rings. The molecule has 1 heterocycles. The molecule has 0 bridgehead atoms. The monoisotopic (exact) mass is 327 g/mol. The normalized spacial score (nSPS) is 21.7. The molecule has 1 aliphatic rings. The molecule has 122 valence electrons. The third kappa shape index (κ3) is 4.98. The molecule has 5 N–H and O–H groups in total. The molecule has 1 fully saturated rings. The van der Waals surface area contributed by atoms with Crippen molar-refractivity contribution in [2.24, 2.45) is 11.5 Å². The number of hydrogen-bond acceptors (Lipinski definition) is 4. The lowest BCUT2D eigenvalue weighted by molar-refractivity contribution is -0.135. The van der Waals surface area contributed by atoms with Crippen molar-refractivity contribution in [2.45, 2.75) is 37.5 Å². The summed E-state index contributed by atoms with van der Waals surface area (Å²) in [6, 6.07) is 8.68. The topological polar surface area (TPSA) is 107 Å². The van der Waals surface area contributed by atoms with Crippen molar-refractivity contribution in [3.05, 3.63) is 35.9 Å². The molecule has 1 unspecified atom stereocenters. The van der Waals surface area contributed by atoms with Crippen LogP contribution in [0.3, 0.4) is 0 Å². The lowest BCUT2D eigenvalue weighted by Gasteiger charge is -2.18. The lowest BCUT2D eigenvalue weighted by Crippen LogP contribution is -2.49. The Bertz CT molecular complexity index is 498. The van der Waals surface area contributed by atoms with Crippen molar-refractivity contribution in [1.82, 2.24) is 5.32 Å². The standard InChI is InChI=1S/C15H21N3O3.ClH/c16-9-11-6-7-13(21-11)15(20)18-12(14(17)19)8-10-4-2-1-3-5-10;/h1-5,11-13H,6-9,16H2,(H2,17,19)(H,18,20);1H/t11-,12?,13+;/m1./s1. The zero-order valence-electron chi connectivity index (χ0n) is 12.2. The summed E-state index contributed by atoms with van der Waals surface area (Å²) in [4.78, 5) is 23.6. The molecule has 0 spiro atoms. The van der Waals surface area contributed by atoms with E-state index in [1.807, 2.05) is 30.3 Å². The summed E-state index contributed by atoms with van der Waals surface area (Å²) in [5.74, 6) is -0.855. The van der Waals surface area contributed by atoms with Gasteiger partial charge in [0.2, 0.25) is 11.8 Å². The Morgan fingerprint density at radius 1 is 1.27 bits per heavy atom. The van der Waals surface area contributed by atoms with Crippen molar-refractivity contribution in [3.63, 3.8) is 0 Å². The molecule has 2 amide bonds. The van der Waals surface area contributed by atoms with Gasteiger partial charge >= 0.3 is 0 Å². The number of rotatable bonds is 6. The minimum atomic E-state index is -0.736. The second-order valence-corrected chi connectivity index (χ2v) is 5.21. The summed E-state index contributed by atoms with van der Waals surface area (Å²) < 4.78 is 5.51. The van der Waals surface area contributed by atoms with Gasteiger partial charge in [-0.25, -0.2) is 0 Å². The van der Waals surface area contributed by atoms with E-state index in [4.69, 9.17) is 16.2 Å². The minimum Gasteiger partial charge on any atom is -0.368 e. The fourth-order valence-corrected chi connectivity index (χ4v) is 2.41. The van der Waals surface area contributed by atoms with E-state index in [2.05, 4.69) is 5.32 Å². The van der Waals surface area contributed by atoms with Crippen LogP contribution in [0.2, 0.25) is 0 Å². The highest BCUT2D eigenvalue weighted by molar-refractivity contribution is 5.88. The molecule has 6 nitrogen and oxygen atoms in total. The van der Waals surface area contributed by atoms with Crippen LogP contribution in [0.25, 0.3) is 0 Å². The summed E-state index contributed by atoms with van der Waals surface area (Å²) in [6.07, 6.45) is 1.12. The second kappa shape index (κ2) is 8.73. The summed E-state index contributed by atoms with van der Waals surface area (Å²) >= 11 is 0. The predicted octanol–water partition coefficient (Wildman–Crippen LogP) is 0.127. The quantitative estimate of drug-likeness (QED) is 0.690. The van der Waals surface area contributed by atoms with Crippen LogP contribution in [-0.4, -0.2) is 36.6 Å². The number of halogens is 1. The Hall–Kier alpha value is -1.63. The van der Waals surface area contributed by atoms with Crippen LogP contribution in [0, 0.1) is 0 Å². The maximum absolute atomic E-state index is 12.1. The van der Waals surface area contributed by atoms with Crippen LogP contribution >= 0.6 is 12.4 Å². The van der Waals surface area contributed by atoms with Crippen LogP contribution < -0.4 is 16.8 Å². The van der Waals surface area contributed by atoms with E-state index < -0.39 is 18.1 Å². The van der Waals surface area contributed by atoms with E-state index in [0.29, 0.717) is 19.4 Å². The van der Waals surface area contributed by atoms with Gasteiger partial charge in [0.05, 0.1) is 6.10 Å². The maximum atomic E-state index is 12.1. The summed E-state index contributed by atoms with van der Waals surface area (Å²) in [6.45, 7) is 0.396. The summed E-state index contributed by atoms with van der Waals surface area (Å²) in [5, 5.41) is 2.67. The van der Waals surface area contributed by atoms with Gasteiger partial charge < -0.3 is 21.5 Å². The summed E-state index contributed by atoms with van der Waals surface area (Å²) in [5.41, 5.74) is 11.8. The van der Waals surface area contributed by atoms with Gasteiger partial charge in [-0.3, -0.25) is 9.59 Å². The Morgan fingerprint density at radius 2 is 1.95 bits per heavy atom. The van der Waals surface area contributed by atoms with Gasteiger partial charge in [-0.15, -0.1) is 12.4 Å². The molecule has 0 aromatic heterocycles. The average molecular weight is 328 g/mol. The molecule has 1 aliphatic heterocycles. The smallest absolute Gasteiger partial charge is 0.249 e. The fourth-order valence-electron chi connectivity index (χ4n) is 2.41. The first-order valence-electron chi connectivity index (χ1n) is 7.09. The van der Waals surface area contributed by atoms with E-state index >= 15 is 0 Å². The molecule has 2 rings (SSSR count). The summed E-state index contributed by atoms with van der Waals surface area (Å²) in [7, 11) is 0. The van der Waals surface area contributed by atoms with Crippen LogP contribution in [0.4, 0.5) is 0 Å². The second-order valence-electron chi connectivity index (χ2n) is 5.21. The fraction of sp³-hybridized carbons (Fsp3) is 0.467. The molecule has 1 saturated heterocycles. The maximum Gasteiger partial charge on any atom is 0.249 e. The molecule has 0 saturated carbocycles. The van der Waals surface area contributed by atoms with Crippen LogP contribution in [-0.2, 0) is 20.7 Å². The molecule has 0 radical (unpaired) electrons. The highest BCUT2D eigenvalue weighted by Crippen LogP contribution is 2.19. The Balaban J connectivity index is 0.00000242. The zero-order chi connectivity index (χ0) is 15.2. The molecule has 3 atom stereocenters. The molecule has 1 aromatic carbocycles. The molecular weight excluding hydrogens is 306 g/mol. The molecule has 0 aliphatic carbocycles. The van der Waals surface area contributed by atoms with E-state index in [0.717, 1.165) is 12.0 Å². The number of nitrogens with one attached hydrogen (secondary N) is 1. The van der Waals surface area contributed by atoms with E-state index in [1.54, 1.807) is 0 Å². The van der Waals surface area contributed by atoms with E-state index in [9.17, 15) is 9.59 Å². The first-order chi connectivity index (χ1) is 10.1. The number of amides is 2. The molecule has 22 heavy (non-hydrogen) atoms. The SMILES string of the molecule is Cl.NC[C@H]1CC[C@@H](C(=O)NC(Cc2ccccc2)C(N)=O)O1. The number of carbonyl (C=O) groups is 2. The van der Waals surface area contributed by atoms with Crippen molar-refractivity contribution >= 4 is 24.2 Å². The Labute approximate surface area is 136 Å². The van der Waals surface area contributed by atoms with Crippen LogP contribution in [0.5, 0.6) is 0 Å². The molecule has 7 heteroatoms. The first kappa shape index (κ1) is 18.4. The van der Waals surface area contributed by atoms with Gasteiger partial charge in [0.1, 0.15) is 12.1 Å². The van der Waals surface area contributed by atoms with Crippen molar-refractivity contribution < 1.29 is 14.3 Å². The zero-order valence-corrected chi connectivity index (χ0v) is 13.1. The number of hydrogen-bond donors (Lipinski definition) is 3. The van der Waals surface area contributed by atoms with Crippen molar-refractivity contribution in [3.8, 4) is 0 Å². The lowest BCUT2D eigenvalue weighted by atomic mass is 10.0. The van der Waals surface area contributed by atoms with Gasteiger partial charge in [-0.05, 0) is 18.4 Å². The largest absolute Gasteiger partial charge is 0.368 e. The highest BCUT2D eigenvalue weighted by atomic mass is 35.5. The van der Waals surface area contributed by atoms with Crippen LogP contribution in [0.1, 0.15) is 18.4 Å². The van der Waals surface area contributed by atoms with E-state index in [-0.39, 0.29) is 24.4 Å². The van der Waals surface area contributed by atoms with Gasteiger partial charge in [-0.1, -0.05) is 30.3 Å². The predicted molar refractivity (Wildman–Crippen MR) is 85.5 cm³/mol. The number of primary amides is 1. The Morgan fingerprint density at radius 3 is 2.50 bits per heavy atom. The van der Waals surface area contributed by atoms with Crippen LogP contribution in [0.15, 0.2) is 30.3 Å². The number of benzene rings is 1. The number of ether oxygens (including phenoxy) is 1.